The lowest BCUT2D eigenvalue weighted by Crippen LogP contribution is -2.47. The molecule has 40 heavy (non-hydrogen) atoms. The standard InChI is InChI=1S/C36H60O4/c1-3-5-7-13-19-28-24-26-36(25-18-12-11-17-23-32(36)35(39)40)33(30(28)21-15-8-6-4-2)27-29-20-14-9-10-16-22-31(29)34(37)38/h24,26-28,30-33H,3-23,25H2,1-2H3,(H,37,38)(H,39,40)/b29-27-. The summed E-state index contributed by atoms with van der Waals surface area (Å²) in [6.45, 7) is 4.52. The van der Waals surface area contributed by atoms with Crippen molar-refractivity contribution in [2.75, 3.05) is 0 Å². The summed E-state index contributed by atoms with van der Waals surface area (Å²) in [6.07, 6.45) is 31.3. The fourth-order valence-electron chi connectivity index (χ4n) is 8.45. The number of rotatable bonds is 13. The van der Waals surface area contributed by atoms with Crippen LogP contribution in [0.5, 0.6) is 0 Å². The van der Waals surface area contributed by atoms with E-state index in [1.165, 1.54) is 64.2 Å². The van der Waals surface area contributed by atoms with Crippen LogP contribution in [0.1, 0.15) is 155 Å². The van der Waals surface area contributed by atoms with Crippen LogP contribution < -0.4 is 0 Å². The molecule has 4 nitrogen and oxygen atoms in total. The Kier molecular flexibility index (Phi) is 14.3. The fraction of sp³-hybridized carbons (Fsp3) is 0.833. The Bertz CT molecular complexity index is 829. The molecule has 2 N–H and O–H groups in total. The molecule has 0 aromatic heterocycles. The molecule has 228 valence electrons. The number of hydrogen-bond acceptors (Lipinski definition) is 2. The van der Waals surface area contributed by atoms with Gasteiger partial charge < -0.3 is 10.2 Å². The van der Waals surface area contributed by atoms with Crippen LogP contribution in [-0.4, -0.2) is 22.2 Å². The van der Waals surface area contributed by atoms with Crippen molar-refractivity contribution in [1.82, 2.24) is 0 Å². The third-order valence-electron chi connectivity index (χ3n) is 10.7. The summed E-state index contributed by atoms with van der Waals surface area (Å²) >= 11 is 0. The van der Waals surface area contributed by atoms with Gasteiger partial charge in [0, 0.05) is 5.41 Å². The Labute approximate surface area is 245 Å². The van der Waals surface area contributed by atoms with Crippen molar-refractivity contribution in [3.63, 3.8) is 0 Å². The summed E-state index contributed by atoms with van der Waals surface area (Å²) in [5.74, 6) is -1.15. The summed E-state index contributed by atoms with van der Waals surface area (Å²) in [5, 5.41) is 21.0. The Hall–Kier alpha value is -1.58. The lowest BCUT2D eigenvalue weighted by atomic mass is 9.52. The molecule has 3 rings (SSSR count). The van der Waals surface area contributed by atoms with Gasteiger partial charge in [-0.3, -0.25) is 9.59 Å². The monoisotopic (exact) mass is 556 g/mol. The number of carboxylic acids is 2. The van der Waals surface area contributed by atoms with Crippen molar-refractivity contribution in [2.24, 2.45) is 35.0 Å². The second-order valence-electron chi connectivity index (χ2n) is 13.5. The van der Waals surface area contributed by atoms with Gasteiger partial charge in [-0.2, -0.15) is 0 Å². The van der Waals surface area contributed by atoms with Crippen LogP contribution in [0.4, 0.5) is 0 Å². The van der Waals surface area contributed by atoms with E-state index in [4.69, 9.17) is 0 Å². The van der Waals surface area contributed by atoms with Gasteiger partial charge in [-0.1, -0.05) is 134 Å². The number of aliphatic carboxylic acids is 2. The number of carboxylic acid groups (broad SMARTS) is 2. The van der Waals surface area contributed by atoms with Crippen molar-refractivity contribution in [3.8, 4) is 0 Å². The van der Waals surface area contributed by atoms with Gasteiger partial charge in [-0.15, -0.1) is 0 Å². The first-order valence-electron chi connectivity index (χ1n) is 17.3. The van der Waals surface area contributed by atoms with Gasteiger partial charge in [0.25, 0.3) is 0 Å². The van der Waals surface area contributed by atoms with Gasteiger partial charge in [0.05, 0.1) is 11.8 Å². The molecule has 0 heterocycles. The van der Waals surface area contributed by atoms with E-state index in [0.717, 1.165) is 82.6 Å². The highest BCUT2D eigenvalue weighted by Gasteiger charge is 2.51. The molecule has 2 saturated carbocycles. The number of carbonyl (C=O) groups is 2. The van der Waals surface area contributed by atoms with Crippen LogP contribution in [0.15, 0.2) is 23.8 Å². The van der Waals surface area contributed by atoms with E-state index in [-0.39, 0.29) is 11.8 Å². The molecule has 3 aliphatic rings. The lowest BCUT2D eigenvalue weighted by molar-refractivity contribution is -0.149. The van der Waals surface area contributed by atoms with Gasteiger partial charge in [-0.25, -0.2) is 0 Å². The molecule has 6 atom stereocenters. The Morgan fingerprint density at radius 2 is 1.45 bits per heavy atom. The minimum Gasteiger partial charge on any atom is -0.481 e. The van der Waals surface area contributed by atoms with Crippen molar-refractivity contribution < 1.29 is 19.8 Å². The van der Waals surface area contributed by atoms with Crippen molar-refractivity contribution >= 4 is 11.9 Å². The summed E-state index contributed by atoms with van der Waals surface area (Å²) in [6, 6.07) is 0. The summed E-state index contributed by atoms with van der Waals surface area (Å²) < 4.78 is 0. The minimum absolute atomic E-state index is 0.116. The quantitative estimate of drug-likeness (QED) is 0.175. The largest absolute Gasteiger partial charge is 0.481 e. The zero-order chi connectivity index (χ0) is 28.8. The van der Waals surface area contributed by atoms with Gasteiger partial charge in [0.15, 0.2) is 0 Å². The zero-order valence-corrected chi connectivity index (χ0v) is 25.9. The van der Waals surface area contributed by atoms with Crippen LogP contribution in [0.25, 0.3) is 0 Å². The Morgan fingerprint density at radius 3 is 2.12 bits per heavy atom. The van der Waals surface area contributed by atoms with E-state index in [9.17, 15) is 19.8 Å². The number of unbranched alkanes of at least 4 members (excludes halogenated alkanes) is 6. The van der Waals surface area contributed by atoms with Gasteiger partial charge in [0.2, 0.25) is 0 Å². The van der Waals surface area contributed by atoms with Crippen molar-refractivity contribution in [2.45, 2.75) is 155 Å². The second-order valence-corrected chi connectivity index (χ2v) is 13.5. The van der Waals surface area contributed by atoms with E-state index >= 15 is 0 Å². The molecule has 4 heteroatoms. The average Bonchev–Trinajstić information content (AvgIpc) is 2.89. The summed E-state index contributed by atoms with van der Waals surface area (Å²) in [5.41, 5.74) is 0.710. The van der Waals surface area contributed by atoms with Crippen molar-refractivity contribution in [1.29, 1.82) is 0 Å². The molecule has 1 spiro atoms. The van der Waals surface area contributed by atoms with Crippen molar-refractivity contribution in [3.05, 3.63) is 23.8 Å². The molecule has 0 aromatic carbocycles. The van der Waals surface area contributed by atoms with Gasteiger partial charge in [0.1, 0.15) is 0 Å². The molecule has 0 aromatic rings. The SMILES string of the molecule is CCCCCCC1C=CC2(CCCCCCC2C(=O)O)C(/C=C2/CCCCCCC2C(=O)O)C1CCCCCC. The molecule has 0 bridgehead atoms. The van der Waals surface area contributed by atoms with Crippen LogP contribution in [0, 0.1) is 35.0 Å². The van der Waals surface area contributed by atoms with E-state index in [1.807, 2.05) is 0 Å². The molecule has 0 aliphatic heterocycles. The maximum atomic E-state index is 13.0. The van der Waals surface area contributed by atoms with E-state index < -0.39 is 23.3 Å². The van der Waals surface area contributed by atoms with E-state index in [2.05, 4.69) is 32.1 Å². The molecular formula is C36H60O4. The first kappa shape index (κ1) is 32.9. The number of allylic oxidation sites excluding steroid dienone is 3. The topological polar surface area (TPSA) is 74.6 Å². The predicted molar refractivity (Wildman–Crippen MR) is 165 cm³/mol. The molecule has 0 amide bonds. The summed E-state index contributed by atoms with van der Waals surface area (Å²) in [7, 11) is 0. The average molecular weight is 557 g/mol. The normalized spacial score (nSPS) is 32.8. The predicted octanol–water partition coefficient (Wildman–Crippen LogP) is 10.4. The van der Waals surface area contributed by atoms with Crippen LogP contribution >= 0.6 is 0 Å². The zero-order valence-electron chi connectivity index (χ0n) is 25.9. The third kappa shape index (κ3) is 8.96. The van der Waals surface area contributed by atoms with Crippen LogP contribution in [0.2, 0.25) is 0 Å². The van der Waals surface area contributed by atoms with E-state index in [0.29, 0.717) is 11.8 Å². The van der Waals surface area contributed by atoms with E-state index in [1.54, 1.807) is 0 Å². The maximum absolute atomic E-state index is 13.0. The summed E-state index contributed by atoms with van der Waals surface area (Å²) in [4.78, 5) is 25.5. The third-order valence-corrected chi connectivity index (χ3v) is 10.7. The fourth-order valence-corrected chi connectivity index (χ4v) is 8.45. The molecule has 0 saturated heterocycles. The molecule has 3 aliphatic carbocycles. The highest BCUT2D eigenvalue weighted by Crippen LogP contribution is 2.56. The highest BCUT2D eigenvalue weighted by molar-refractivity contribution is 5.74. The van der Waals surface area contributed by atoms with Gasteiger partial charge >= 0.3 is 11.9 Å². The Morgan fingerprint density at radius 1 is 0.800 bits per heavy atom. The smallest absolute Gasteiger partial charge is 0.310 e. The van der Waals surface area contributed by atoms with Crippen LogP contribution in [-0.2, 0) is 9.59 Å². The lowest BCUT2D eigenvalue weighted by Gasteiger charge is -2.51. The first-order chi connectivity index (χ1) is 19.4. The molecule has 0 radical (unpaired) electrons. The minimum atomic E-state index is -0.684. The highest BCUT2D eigenvalue weighted by atomic mass is 16.4. The molecule has 2 fully saturated rings. The van der Waals surface area contributed by atoms with Crippen LogP contribution in [0.3, 0.4) is 0 Å². The number of hydrogen-bond donors (Lipinski definition) is 2. The molecular weight excluding hydrogens is 496 g/mol. The Balaban J connectivity index is 2.11. The first-order valence-corrected chi connectivity index (χ1v) is 17.3. The van der Waals surface area contributed by atoms with Gasteiger partial charge in [-0.05, 0) is 62.7 Å². The molecule has 6 unspecified atom stereocenters. The maximum Gasteiger partial charge on any atom is 0.310 e. The second kappa shape index (κ2) is 17.4.